The second-order valence-corrected chi connectivity index (χ2v) is 8.22. The van der Waals surface area contributed by atoms with Crippen LogP contribution in [-0.2, 0) is 10.0 Å². The number of nitrogens with one attached hydrogen (secondary N) is 1. The third-order valence-electron chi connectivity index (χ3n) is 4.41. The van der Waals surface area contributed by atoms with Gasteiger partial charge in [0, 0.05) is 37.4 Å². The fourth-order valence-electron chi connectivity index (χ4n) is 3.05. The number of rotatable bonds is 5. The fourth-order valence-corrected chi connectivity index (χ4v) is 4.60. The smallest absolute Gasteiger partial charge is 0.246 e. The van der Waals surface area contributed by atoms with Crippen LogP contribution < -0.4 is 10.1 Å². The Labute approximate surface area is 160 Å². The number of hydrogen-bond acceptors (Lipinski definition) is 5. The molecule has 1 saturated heterocycles. The van der Waals surface area contributed by atoms with Gasteiger partial charge in [0.1, 0.15) is 10.6 Å². The predicted octanol–water partition coefficient (Wildman–Crippen LogP) is 2.23. The maximum absolute atomic E-state index is 13.2. The highest BCUT2D eigenvalue weighted by molar-refractivity contribution is 7.89. The van der Waals surface area contributed by atoms with E-state index < -0.39 is 10.0 Å². The largest absolute Gasteiger partial charge is 0.496 e. The molecule has 3 rings (SSSR count). The summed E-state index contributed by atoms with van der Waals surface area (Å²) >= 11 is 0. The lowest BCUT2D eigenvalue weighted by molar-refractivity contribution is 0.264. The quantitative estimate of drug-likeness (QED) is 0.832. The van der Waals surface area contributed by atoms with Crippen LogP contribution in [0.15, 0.2) is 41.6 Å². The second kappa shape index (κ2) is 8.39. The molecule has 1 aliphatic rings. The molecule has 9 heteroatoms. The van der Waals surface area contributed by atoms with E-state index in [0.29, 0.717) is 25.4 Å². The molecule has 0 spiro atoms. The number of aromatic nitrogens is 2. The van der Waals surface area contributed by atoms with E-state index >= 15 is 0 Å². The van der Waals surface area contributed by atoms with Crippen molar-refractivity contribution in [3.63, 3.8) is 0 Å². The monoisotopic (exact) mass is 400 g/mol. The summed E-state index contributed by atoms with van der Waals surface area (Å²) in [5, 5.41) is 7.46. The van der Waals surface area contributed by atoms with E-state index in [-0.39, 0.29) is 29.4 Å². The van der Waals surface area contributed by atoms with E-state index in [1.54, 1.807) is 22.3 Å². The highest BCUT2D eigenvalue weighted by Crippen LogP contribution is 2.33. The van der Waals surface area contributed by atoms with Crippen molar-refractivity contribution >= 4 is 22.4 Å². The van der Waals surface area contributed by atoms with E-state index in [9.17, 15) is 8.42 Å². The van der Waals surface area contributed by atoms with Crippen molar-refractivity contribution in [2.75, 3.05) is 26.7 Å². The lowest BCUT2D eigenvalue weighted by Crippen LogP contribution is -2.48. The number of hydrogen-bond donors (Lipinski definition) is 1. The van der Waals surface area contributed by atoms with Gasteiger partial charge in [0.25, 0.3) is 0 Å². The summed E-state index contributed by atoms with van der Waals surface area (Å²) in [5.41, 5.74) is 0.858. The van der Waals surface area contributed by atoms with E-state index in [4.69, 9.17) is 4.74 Å². The van der Waals surface area contributed by atoms with Crippen LogP contribution in [0.3, 0.4) is 0 Å². The predicted molar refractivity (Wildman–Crippen MR) is 102 cm³/mol. The molecule has 2 heterocycles. The lowest BCUT2D eigenvalue weighted by atomic mass is 10.0. The third kappa shape index (κ3) is 3.88. The third-order valence-corrected chi connectivity index (χ3v) is 6.27. The molecule has 1 aromatic heterocycles. The molecule has 1 unspecified atom stereocenters. The van der Waals surface area contributed by atoms with Crippen molar-refractivity contribution in [1.82, 2.24) is 19.4 Å². The second-order valence-electron chi connectivity index (χ2n) is 6.33. The topological polar surface area (TPSA) is 76.5 Å². The Kier molecular flexibility index (Phi) is 6.68. The molecule has 1 aliphatic heterocycles. The first-order valence-corrected chi connectivity index (χ1v) is 9.78. The molecule has 2 aromatic rings. The van der Waals surface area contributed by atoms with Crippen molar-refractivity contribution < 1.29 is 13.2 Å². The van der Waals surface area contributed by atoms with Crippen molar-refractivity contribution in [3.8, 4) is 5.75 Å². The average Bonchev–Trinajstić information content (AvgIpc) is 3.13. The number of para-hydroxylation sites is 1. The minimum Gasteiger partial charge on any atom is -0.496 e. The summed E-state index contributed by atoms with van der Waals surface area (Å²) in [5.74, 6) is 0.689. The molecule has 0 radical (unpaired) electrons. The minimum atomic E-state index is -3.64. The molecule has 0 amide bonds. The first-order valence-electron chi connectivity index (χ1n) is 8.34. The van der Waals surface area contributed by atoms with Crippen LogP contribution in [0.1, 0.15) is 31.5 Å². The molecule has 1 N–H and O–H groups in total. The van der Waals surface area contributed by atoms with Crippen LogP contribution in [0.2, 0.25) is 0 Å². The molecule has 1 fully saturated rings. The Balaban J connectivity index is 0.00000243. The summed E-state index contributed by atoms with van der Waals surface area (Å²) in [6, 6.07) is 7.33. The van der Waals surface area contributed by atoms with Gasteiger partial charge in [0.2, 0.25) is 10.0 Å². The van der Waals surface area contributed by atoms with E-state index in [1.807, 2.05) is 38.1 Å². The van der Waals surface area contributed by atoms with Gasteiger partial charge >= 0.3 is 0 Å². The van der Waals surface area contributed by atoms with Gasteiger partial charge in [0.05, 0.1) is 19.3 Å². The molecule has 0 bridgehead atoms. The SMILES string of the molecule is COc1ccccc1C1CNCCN1S(=O)(=O)c1cnn(C(C)C)c1.Cl. The van der Waals surface area contributed by atoms with Crippen molar-refractivity contribution in [1.29, 1.82) is 0 Å². The number of piperazine rings is 1. The zero-order chi connectivity index (χ0) is 18.0. The summed E-state index contributed by atoms with van der Waals surface area (Å²) < 4.78 is 35.1. The molecule has 26 heavy (non-hydrogen) atoms. The molecule has 1 atom stereocenters. The van der Waals surface area contributed by atoms with E-state index in [2.05, 4.69) is 10.4 Å². The van der Waals surface area contributed by atoms with Gasteiger partial charge < -0.3 is 10.1 Å². The van der Waals surface area contributed by atoms with Crippen molar-refractivity contribution in [2.45, 2.75) is 30.8 Å². The van der Waals surface area contributed by atoms with Crippen molar-refractivity contribution in [3.05, 3.63) is 42.2 Å². The van der Waals surface area contributed by atoms with Gasteiger partial charge in [0.15, 0.2) is 0 Å². The van der Waals surface area contributed by atoms with Gasteiger partial charge in [-0.3, -0.25) is 4.68 Å². The van der Waals surface area contributed by atoms with Crippen LogP contribution in [-0.4, -0.2) is 49.2 Å². The Morgan fingerprint density at radius 3 is 2.69 bits per heavy atom. The van der Waals surface area contributed by atoms with Gasteiger partial charge in [-0.1, -0.05) is 18.2 Å². The van der Waals surface area contributed by atoms with Crippen LogP contribution in [0.25, 0.3) is 0 Å². The molecular weight excluding hydrogens is 376 g/mol. The molecule has 144 valence electrons. The van der Waals surface area contributed by atoms with Gasteiger partial charge in [-0.2, -0.15) is 9.40 Å². The normalized spacial score (nSPS) is 18.5. The summed E-state index contributed by atoms with van der Waals surface area (Å²) in [6.45, 7) is 5.48. The molecule has 0 saturated carbocycles. The molecular formula is C17H25ClN4O3S. The standard InChI is InChI=1S/C17H24N4O3S.ClH/c1-13(2)20-12-14(10-19-20)25(22,23)21-9-8-18-11-16(21)15-6-4-5-7-17(15)24-3;/h4-7,10,12-13,16,18H,8-9,11H2,1-3H3;1H. The number of sulfonamides is 1. The molecule has 1 aromatic carbocycles. The van der Waals surface area contributed by atoms with Crippen LogP contribution in [0, 0.1) is 0 Å². The number of ether oxygens (including phenoxy) is 1. The Bertz CT molecular complexity index is 838. The minimum absolute atomic E-state index is 0. The molecule has 7 nitrogen and oxygen atoms in total. The molecule has 0 aliphatic carbocycles. The zero-order valence-electron chi connectivity index (χ0n) is 15.1. The van der Waals surface area contributed by atoms with Gasteiger partial charge in [-0.05, 0) is 19.9 Å². The first-order chi connectivity index (χ1) is 11.9. The number of methoxy groups -OCH3 is 1. The average molecular weight is 401 g/mol. The highest BCUT2D eigenvalue weighted by Gasteiger charge is 2.36. The summed E-state index contributed by atoms with van der Waals surface area (Å²) in [6.07, 6.45) is 3.03. The van der Waals surface area contributed by atoms with Crippen LogP contribution >= 0.6 is 12.4 Å². The number of halogens is 1. The van der Waals surface area contributed by atoms with E-state index in [0.717, 1.165) is 5.56 Å². The van der Waals surface area contributed by atoms with Crippen LogP contribution in [0.4, 0.5) is 0 Å². The Morgan fingerprint density at radius 2 is 2.04 bits per heavy atom. The first kappa shape index (κ1) is 20.7. The van der Waals surface area contributed by atoms with Gasteiger partial charge in [-0.25, -0.2) is 8.42 Å². The maximum atomic E-state index is 13.2. The summed E-state index contributed by atoms with van der Waals surface area (Å²) in [4.78, 5) is 0.225. The number of nitrogens with zero attached hydrogens (tertiary/aromatic N) is 3. The Hall–Kier alpha value is -1.61. The zero-order valence-corrected chi connectivity index (χ0v) is 16.8. The lowest BCUT2D eigenvalue weighted by Gasteiger charge is -2.35. The maximum Gasteiger partial charge on any atom is 0.246 e. The summed E-state index contributed by atoms with van der Waals surface area (Å²) in [7, 11) is -2.04. The van der Waals surface area contributed by atoms with Crippen LogP contribution in [0.5, 0.6) is 5.75 Å². The van der Waals surface area contributed by atoms with Crippen molar-refractivity contribution in [2.24, 2.45) is 0 Å². The van der Waals surface area contributed by atoms with E-state index in [1.165, 1.54) is 6.20 Å². The highest BCUT2D eigenvalue weighted by atomic mass is 35.5. The number of benzene rings is 1. The fraction of sp³-hybridized carbons (Fsp3) is 0.471. The Morgan fingerprint density at radius 1 is 1.31 bits per heavy atom. The van der Waals surface area contributed by atoms with Gasteiger partial charge in [-0.15, -0.1) is 12.4 Å².